The molecule has 5 nitrogen and oxygen atoms in total. The van der Waals surface area contributed by atoms with E-state index < -0.39 is 15.1 Å². The zero-order chi connectivity index (χ0) is 36.4. The van der Waals surface area contributed by atoms with Gasteiger partial charge in [0.15, 0.2) is 0 Å². The molecule has 0 spiro atoms. The number of aryl methyl sites for hydroxylation is 2. The molecule has 0 bridgehead atoms. The SMILES string of the molecule is Cc1ccc2cccc([O][Al]([O]c3cccc4c(-c5cc(-c6ccccc6)cc(-c6ccccc6)c5)cccc34)[O]c3cccc4ccc(C)nc34)c2n1. The van der Waals surface area contributed by atoms with E-state index in [9.17, 15) is 0 Å². The van der Waals surface area contributed by atoms with Gasteiger partial charge in [0.25, 0.3) is 0 Å². The Labute approximate surface area is 319 Å². The first kappa shape index (κ1) is 33.4. The lowest BCUT2D eigenvalue weighted by Crippen LogP contribution is -2.37. The van der Waals surface area contributed by atoms with Crippen molar-refractivity contribution in [2.45, 2.75) is 13.8 Å². The smallest absolute Gasteiger partial charge is 0.577 e. The van der Waals surface area contributed by atoms with Crippen LogP contribution in [0.4, 0.5) is 0 Å². The second-order valence-electron chi connectivity index (χ2n) is 13.4. The standard InChI is InChI=1S/C28H20O.2C10H9NO.Al/c29-28-16-8-14-26-25(13-7-15-27(26)28)24-18-22(20-9-3-1-4-10-20)17-23(19-24)21-11-5-2-6-12-21;2*1-7-5-6-8-3-2-4-9(12)10(8)11-7;/h1-19,29H;2*2-6,12H,1H3;/q;;;+3/p-3. The lowest BCUT2D eigenvalue weighted by Gasteiger charge is -2.20. The second kappa shape index (κ2) is 14.5. The predicted molar refractivity (Wildman–Crippen MR) is 221 cm³/mol. The van der Waals surface area contributed by atoms with Crippen LogP contribution in [0.25, 0.3) is 66.0 Å². The fraction of sp³-hybridized carbons (Fsp3) is 0.0417. The van der Waals surface area contributed by atoms with Crippen LogP contribution in [0.5, 0.6) is 17.2 Å². The van der Waals surface area contributed by atoms with Crippen molar-refractivity contribution in [3.05, 3.63) is 187 Å². The number of nitrogens with zero attached hydrogens (tertiary/aromatic N) is 2. The molecule has 0 aliphatic rings. The molecule has 0 fully saturated rings. The molecular weight excluding hydrogens is 680 g/mol. The van der Waals surface area contributed by atoms with Gasteiger partial charge < -0.3 is 11.4 Å². The first-order valence-corrected chi connectivity index (χ1v) is 19.5. The van der Waals surface area contributed by atoms with Gasteiger partial charge >= 0.3 is 15.1 Å². The van der Waals surface area contributed by atoms with Gasteiger partial charge in [0.05, 0.1) is 5.75 Å². The minimum absolute atomic E-state index is 0.615. The van der Waals surface area contributed by atoms with Crippen LogP contribution in [-0.2, 0) is 0 Å². The summed E-state index contributed by atoms with van der Waals surface area (Å²) in [7, 11) is 0. The predicted octanol–water partition coefficient (Wildman–Crippen LogP) is 12.1. The van der Waals surface area contributed by atoms with Crippen molar-refractivity contribution in [2.75, 3.05) is 0 Å². The van der Waals surface area contributed by atoms with E-state index in [-0.39, 0.29) is 0 Å². The van der Waals surface area contributed by atoms with Gasteiger partial charge in [0.1, 0.15) is 22.5 Å². The van der Waals surface area contributed by atoms with Crippen molar-refractivity contribution in [1.82, 2.24) is 9.97 Å². The van der Waals surface area contributed by atoms with Gasteiger partial charge in [-0.3, -0.25) is 0 Å². The third-order valence-corrected chi connectivity index (χ3v) is 11.0. The average molecular weight is 715 g/mol. The van der Waals surface area contributed by atoms with Crippen LogP contribution >= 0.6 is 0 Å². The number of pyridine rings is 2. The molecule has 6 heteroatoms. The molecule has 9 aromatic rings. The first-order chi connectivity index (χ1) is 26.6. The third kappa shape index (κ3) is 6.77. The van der Waals surface area contributed by atoms with Crippen molar-refractivity contribution in [3.8, 4) is 50.6 Å². The summed E-state index contributed by atoms with van der Waals surface area (Å²) in [5, 5.41) is 3.99. The lowest BCUT2D eigenvalue weighted by atomic mass is 9.91. The molecule has 0 aliphatic heterocycles. The zero-order valence-corrected chi connectivity index (χ0v) is 31.1. The van der Waals surface area contributed by atoms with Gasteiger partial charge in [-0.1, -0.05) is 127 Å². The van der Waals surface area contributed by atoms with Gasteiger partial charge in [0.2, 0.25) is 0 Å². The van der Waals surface area contributed by atoms with E-state index in [1.54, 1.807) is 0 Å². The van der Waals surface area contributed by atoms with Crippen molar-refractivity contribution in [2.24, 2.45) is 0 Å². The van der Waals surface area contributed by atoms with Crippen molar-refractivity contribution < 1.29 is 11.4 Å². The maximum Gasteiger partial charge on any atom is 1.20 e. The van der Waals surface area contributed by atoms with Crippen LogP contribution in [0.1, 0.15) is 11.4 Å². The Morgan fingerprint density at radius 1 is 0.370 bits per heavy atom. The van der Waals surface area contributed by atoms with E-state index in [0.717, 1.165) is 66.2 Å². The van der Waals surface area contributed by atoms with E-state index in [2.05, 4.69) is 115 Å². The minimum atomic E-state index is -3.04. The molecule has 2 aromatic heterocycles. The fourth-order valence-electron chi connectivity index (χ4n) is 7.02. The lowest BCUT2D eigenvalue weighted by molar-refractivity contribution is 0.311. The number of rotatable bonds is 9. The van der Waals surface area contributed by atoms with Crippen LogP contribution in [0.3, 0.4) is 0 Å². The minimum Gasteiger partial charge on any atom is -0.577 e. The molecule has 0 aliphatic carbocycles. The van der Waals surface area contributed by atoms with Crippen LogP contribution < -0.4 is 11.4 Å². The Morgan fingerprint density at radius 2 is 0.833 bits per heavy atom. The van der Waals surface area contributed by atoms with Gasteiger partial charge in [-0.15, -0.1) is 0 Å². The molecule has 0 N–H and O–H groups in total. The quantitative estimate of drug-likeness (QED) is 0.139. The van der Waals surface area contributed by atoms with Gasteiger partial charge in [-0.05, 0) is 101 Å². The highest BCUT2D eigenvalue weighted by Gasteiger charge is 2.45. The van der Waals surface area contributed by atoms with E-state index in [1.165, 1.54) is 11.1 Å². The molecule has 0 radical (unpaired) electrons. The first-order valence-electron chi connectivity index (χ1n) is 18.1. The molecule has 0 atom stereocenters. The van der Waals surface area contributed by atoms with Crippen LogP contribution in [0.2, 0.25) is 0 Å². The normalized spacial score (nSPS) is 11.1. The van der Waals surface area contributed by atoms with E-state index >= 15 is 0 Å². The molecule has 54 heavy (non-hydrogen) atoms. The number of fused-ring (bicyclic) bond motifs is 3. The number of para-hydroxylation sites is 2. The second-order valence-corrected chi connectivity index (χ2v) is 14.7. The van der Waals surface area contributed by atoms with Crippen LogP contribution in [0, 0.1) is 13.8 Å². The van der Waals surface area contributed by atoms with Crippen molar-refractivity contribution >= 4 is 47.7 Å². The summed E-state index contributed by atoms with van der Waals surface area (Å²) in [5.74, 6) is 1.91. The summed E-state index contributed by atoms with van der Waals surface area (Å²) in [4.78, 5) is 9.66. The molecule has 0 saturated carbocycles. The molecule has 0 unspecified atom stereocenters. The Morgan fingerprint density at radius 3 is 1.41 bits per heavy atom. The van der Waals surface area contributed by atoms with E-state index in [4.69, 9.17) is 21.3 Å². The molecule has 0 amide bonds. The van der Waals surface area contributed by atoms with Gasteiger partial charge in [-0.2, -0.15) is 0 Å². The summed E-state index contributed by atoms with van der Waals surface area (Å²) in [5.41, 5.74) is 10.2. The van der Waals surface area contributed by atoms with Crippen LogP contribution in [0.15, 0.2) is 176 Å². The topological polar surface area (TPSA) is 53.5 Å². The summed E-state index contributed by atoms with van der Waals surface area (Å²) in [6.07, 6.45) is 0. The highest BCUT2D eigenvalue weighted by Crippen LogP contribution is 2.39. The van der Waals surface area contributed by atoms with E-state index in [0.29, 0.717) is 17.2 Å². The molecule has 258 valence electrons. The summed E-state index contributed by atoms with van der Waals surface area (Å²) >= 11 is -3.04. The number of hydrogen-bond acceptors (Lipinski definition) is 5. The number of hydrogen-bond donors (Lipinski definition) is 0. The molecule has 0 saturated heterocycles. The van der Waals surface area contributed by atoms with Crippen molar-refractivity contribution in [1.29, 1.82) is 0 Å². The highest BCUT2D eigenvalue weighted by atomic mass is 27.3. The Balaban J connectivity index is 1.15. The van der Waals surface area contributed by atoms with Crippen molar-refractivity contribution in [3.63, 3.8) is 0 Å². The highest BCUT2D eigenvalue weighted by molar-refractivity contribution is 6.40. The molecule has 9 rings (SSSR count). The largest absolute Gasteiger partial charge is 1.20 e. The zero-order valence-electron chi connectivity index (χ0n) is 29.9. The monoisotopic (exact) mass is 714 g/mol. The average Bonchev–Trinajstić information content (AvgIpc) is 3.21. The molecule has 7 aromatic carbocycles. The van der Waals surface area contributed by atoms with E-state index in [1.807, 2.05) is 74.5 Å². The summed E-state index contributed by atoms with van der Waals surface area (Å²) < 4.78 is 20.4. The van der Waals surface area contributed by atoms with Gasteiger partial charge in [0, 0.05) is 27.5 Å². The maximum atomic E-state index is 6.91. The fourth-order valence-corrected chi connectivity index (χ4v) is 8.37. The summed E-state index contributed by atoms with van der Waals surface area (Å²) in [6, 6.07) is 60.5. The number of aromatic nitrogens is 2. The molecular formula is C48H35AlN2O3. The summed E-state index contributed by atoms with van der Waals surface area (Å²) in [6.45, 7) is 3.96. The Bertz CT molecular complexity index is 2650. The maximum absolute atomic E-state index is 6.91. The van der Waals surface area contributed by atoms with Crippen LogP contribution in [-0.4, -0.2) is 25.1 Å². The Hall–Kier alpha value is -6.45. The number of benzene rings is 7. The third-order valence-electron chi connectivity index (χ3n) is 9.65. The molecule has 2 heterocycles. The Kier molecular flexibility index (Phi) is 8.98. The van der Waals surface area contributed by atoms with Gasteiger partial charge in [-0.25, -0.2) is 9.97 Å².